The van der Waals surface area contributed by atoms with Crippen molar-refractivity contribution in [3.8, 4) is 0 Å². The number of hydrogen-bond acceptors (Lipinski definition) is 5. The van der Waals surface area contributed by atoms with E-state index in [-0.39, 0.29) is 17.2 Å². The molecule has 2 aliphatic rings. The Bertz CT molecular complexity index is 787. The predicted molar refractivity (Wildman–Crippen MR) is 96.7 cm³/mol. The minimum absolute atomic E-state index is 0.176. The quantitative estimate of drug-likeness (QED) is 0.760. The number of likely N-dealkylation sites (tertiary alicyclic amines) is 1. The van der Waals surface area contributed by atoms with Crippen LogP contribution in [0.5, 0.6) is 0 Å². The number of aryl methyl sites for hydroxylation is 1. The highest BCUT2D eigenvalue weighted by Gasteiger charge is 2.33. The maximum atomic E-state index is 12.6. The predicted octanol–water partition coefficient (Wildman–Crippen LogP) is 0.716. The molecular weight excluding hydrogens is 372 g/mol. The summed E-state index contributed by atoms with van der Waals surface area (Å²) in [6, 6.07) is 5.80. The summed E-state index contributed by atoms with van der Waals surface area (Å²) in [5.41, 5.74) is 0.843. The third kappa shape index (κ3) is 4.48. The lowest BCUT2D eigenvalue weighted by molar-refractivity contribution is -0.148. The summed E-state index contributed by atoms with van der Waals surface area (Å²) < 4.78 is 31.8. The minimum atomic E-state index is -3.53. The van der Waals surface area contributed by atoms with E-state index >= 15 is 0 Å². The zero-order valence-corrected chi connectivity index (χ0v) is 15.9. The molecule has 0 bridgehead atoms. The fourth-order valence-electron chi connectivity index (χ4n) is 3.48. The van der Waals surface area contributed by atoms with Crippen molar-refractivity contribution in [2.45, 2.75) is 36.6 Å². The molecule has 2 fully saturated rings. The van der Waals surface area contributed by atoms with Crippen LogP contribution in [0.25, 0.3) is 0 Å². The van der Waals surface area contributed by atoms with Gasteiger partial charge in [0, 0.05) is 26.1 Å². The number of aliphatic carboxylic acids is 1. The van der Waals surface area contributed by atoms with E-state index in [9.17, 15) is 18.0 Å². The topological polar surface area (TPSA) is 104 Å². The van der Waals surface area contributed by atoms with Crippen molar-refractivity contribution in [2.75, 3.05) is 32.8 Å². The molecule has 1 N–H and O–H groups in total. The molecule has 27 heavy (non-hydrogen) atoms. The smallest absolute Gasteiger partial charge is 0.326 e. The van der Waals surface area contributed by atoms with Gasteiger partial charge in [0.15, 0.2) is 0 Å². The van der Waals surface area contributed by atoms with Gasteiger partial charge >= 0.3 is 5.97 Å². The highest BCUT2D eigenvalue weighted by atomic mass is 32.2. The van der Waals surface area contributed by atoms with E-state index in [1.807, 2.05) is 0 Å². The normalized spacial score (nSPS) is 21.3. The molecule has 1 aromatic carbocycles. The molecule has 9 heteroatoms. The van der Waals surface area contributed by atoms with Gasteiger partial charge < -0.3 is 14.7 Å². The van der Waals surface area contributed by atoms with Gasteiger partial charge in [0.25, 0.3) is 0 Å². The lowest BCUT2D eigenvalue weighted by atomic mass is 10.1. The van der Waals surface area contributed by atoms with Crippen molar-refractivity contribution >= 4 is 21.9 Å². The zero-order chi connectivity index (χ0) is 19.4. The Morgan fingerprint density at radius 3 is 2.41 bits per heavy atom. The van der Waals surface area contributed by atoms with E-state index in [1.165, 1.54) is 9.21 Å². The molecule has 1 aromatic rings. The lowest BCUT2D eigenvalue weighted by Gasteiger charge is -2.26. The molecule has 2 saturated heterocycles. The number of carbonyl (C=O) groups is 2. The summed E-state index contributed by atoms with van der Waals surface area (Å²) in [5, 5.41) is 9.17. The van der Waals surface area contributed by atoms with Crippen LogP contribution in [0, 0.1) is 0 Å². The van der Waals surface area contributed by atoms with E-state index in [0.29, 0.717) is 52.1 Å². The van der Waals surface area contributed by atoms with Crippen molar-refractivity contribution in [3.63, 3.8) is 0 Å². The number of hydrogen-bond donors (Lipinski definition) is 1. The molecule has 0 spiro atoms. The molecule has 3 rings (SSSR count). The molecule has 1 amide bonds. The fourth-order valence-corrected chi connectivity index (χ4v) is 4.89. The van der Waals surface area contributed by atoms with Gasteiger partial charge in [-0.25, -0.2) is 13.2 Å². The zero-order valence-electron chi connectivity index (χ0n) is 15.0. The van der Waals surface area contributed by atoms with Crippen LogP contribution in [0.3, 0.4) is 0 Å². The van der Waals surface area contributed by atoms with Crippen LogP contribution in [-0.2, 0) is 30.8 Å². The van der Waals surface area contributed by atoms with E-state index in [0.717, 1.165) is 5.56 Å². The fraction of sp³-hybridized carbons (Fsp3) is 0.556. The number of sulfonamides is 1. The number of morpholine rings is 1. The molecule has 0 aromatic heterocycles. The third-order valence-electron chi connectivity index (χ3n) is 5.02. The van der Waals surface area contributed by atoms with E-state index in [1.54, 1.807) is 24.3 Å². The SMILES string of the molecule is O=C(O)C1CCCN1C(=O)CCc1ccc(S(=O)(=O)N2CCOCC2)cc1. The van der Waals surface area contributed by atoms with Crippen LogP contribution in [0.2, 0.25) is 0 Å². The first-order valence-electron chi connectivity index (χ1n) is 9.09. The maximum Gasteiger partial charge on any atom is 0.326 e. The summed E-state index contributed by atoms with van der Waals surface area (Å²) in [6.45, 7) is 1.96. The summed E-state index contributed by atoms with van der Waals surface area (Å²) in [4.78, 5) is 25.2. The minimum Gasteiger partial charge on any atom is -0.480 e. The Balaban J connectivity index is 1.59. The summed E-state index contributed by atoms with van der Waals surface area (Å²) in [6.07, 6.45) is 1.85. The molecule has 148 valence electrons. The summed E-state index contributed by atoms with van der Waals surface area (Å²) >= 11 is 0. The Morgan fingerprint density at radius 2 is 1.78 bits per heavy atom. The van der Waals surface area contributed by atoms with Crippen LogP contribution >= 0.6 is 0 Å². The molecule has 8 nitrogen and oxygen atoms in total. The molecule has 1 atom stereocenters. The van der Waals surface area contributed by atoms with E-state index in [2.05, 4.69) is 0 Å². The van der Waals surface area contributed by atoms with Gasteiger partial charge in [0.1, 0.15) is 6.04 Å². The standard InChI is InChI=1S/C18H24N2O6S/c21-17(20-9-1-2-16(20)18(22)23)8-5-14-3-6-15(7-4-14)27(24,25)19-10-12-26-13-11-19/h3-4,6-7,16H,1-2,5,8-13H2,(H,22,23). The maximum absolute atomic E-state index is 12.6. The van der Waals surface area contributed by atoms with Crippen molar-refractivity contribution in [1.82, 2.24) is 9.21 Å². The number of carbonyl (C=O) groups excluding carboxylic acids is 1. The third-order valence-corrected chi connectivity index (χ3v) is 6.93. The molecule has 0 saturated carbocycles. The Hall–Kier alpha value is -1.97. The van der Waals surface area contributed by atoms with Gasteiger partial charge in [-0.05, 0) is 37.0 Å². The summed E-state index contributed by atoms with van der Waals surface area (Å²) in [5.74, 6) is -1.14. The van der Waals surface area contributed by atoms with E-state index < -0.39 is 22.0 Å². The number of amides is 1. The Kier molecular flexibility index (Phi) is 6.13. The largest absolute Gasteiger partial charge is 0.480 e. The first-order chi connectivity index (χ1) is 12.9. The molecule has 0 aliphatic carbocycles. The van der Waals surface area contributed by atoms with Gasteiger partial charge in [-0.3, -0.25) is 4.79 Å². The number of ether oxygens (including phenoxy) is 1. The highest BCUT2D eigenvalue weighted by molar-refractivity contribution is 7.89. The van der Waals surface area contributed by atoms with E-state index in [4.69, 9.17) is 9.84 Å². The molecule has 2 heterocycles. The molecule has 0 radical (unpaired) electrons. The van der Waals surface area contributed by atoms with Gasteiger partial charge in [0.05, 0.1) is 18.1 Å². The van der Waals surface area contributed by atoms with Crippen molar-refractivity contribution < 1.29 is 27.9 Å². The summed E-state index contributed by atoms with van der Waals surface area (Å²) in [7, 11) is -3.53. The second-order valence-electron chi connectivity index (χ2n) is 6.74. The number of rotatable bonds is 6. The van der Waals surface area contributed by atoms with Gasteiger partial charge in [0.2, 0.25) is 15.9 Å². The highest BCUT2D eigenvalue weighted by Crippen LogP contribution is 2.21. The number of benzene rings is 1. The van der Waals surface area contributed by atoms with Gasteiger partial charge in [-0.15, -0.1) is 0 Å². The second kappa shape index (κ2) is 8.37. The first-order valence-corrected chi connectivity index (χ1v) is 10.5. The van der Waals surface area contributed by atoms with Crippen LogP contribution in [0.15, 0.2) is 29.2 Å². The van der Waals surface area contributed by atoms with Crippen LogP contribution in [0.1, 0.15) is 24.8 Å². The monoisotopic (exact) mass is 396 g/mol. The Morgan fingerprint density at radius 1 is 1.11 bits per heavy atom. The molecule has 2 aliphatic heterocycles. The van der Waals surface area contributed by atoms with Gasteiger partial charge in [-0.2, -0.15) is 4.31 Å². The molecule has 1 unspecified atom stereocenters. The second-order valence-corrected chi connectivity index (χ2v) is 8.68. The molecular formula is C18H24N2O6S. The number of carboxylic acid groups (broad SMARTS) is 1. The van der Waals surface area contributed by atoms with Crippen molar-refractivity contribution in [3.05, 3.63) is 29.8 Å². The van der Waals surface area contributed by atoms with Gasteiger partial charge in [-0.1, -0.05) is 12.1 Å². The van der Waals surface area contributed by atoms with Crippen LogP contribution in [0.4, 0.5) is 0 Å². The number of nitrogens with zero attached hydrogens (tertiary/aromatic N) is 2. The van der Waals surface area contributed by atoms with Crippen LogP contribution in [-0.4, -0.2) is 73.5 Å². The van der Waals surface area contributed by atoms with Crippen LogP contribution < -0.4 is 0 Å². The number of carboxylic acids is 1. The average Bonchev–Trinajstić information content (AvgIpc) is 3.17. The Labute approximate surface area is 158 Å². The van der Waals surface area contributed by atoms with Crippen molar-refractivity contribution in [2.24, 2.45) is 0 Å². The lowest BCUT2D eigenvalue weighted by Crippen LogP contribution is -2.40. The van der Waals surface area contributed by atoms with Crippen molar-refractivity contribution in [1.29, 1.82) is 0 Å². The first kappa shape index (κ1) is 19.8. The average molecular weight is 396 g/mol.